The Balaban J connectivity index is 1.03. The molecule has 284 valence electrons. The second-order valence-electron chi connectivity index (χ2n) is 17.5. The van der Waals surface area contributed by atoms with Crippen LogP contribution in [0.15, 0.2) is 53.7 Å². The first kappa shape index (κ1) is 36.1. The maximum absolute atomic E-state index is 13.3. The van der Waals surface area contributed by atoms with Crippen LogP contribution in [-0.4, -0.2) is 81.7 Å². The Kier molecular flexibility index (Phi) is 8.98. The van der Waals surface area contributed by atoms with E-state index in [0.29, 0.717) is 38.6 Å². The molecule has 2 fully saturated rings. The van der Waals surface area contributed by atoms with E-state index in [1.807, 2.05) is 52.6 Å². The predicted octanol–water partition coefficient (Wildman–Crippen LogP) is 9.01. The van der Waals surface area contributed by atoms with Crippen LogP contribution in [0.1, 0.15) is 84.3 Å². The normalized spacial score (nSPS) is 22.1. The first-order chi connectivity index (χ1) is 25.6. The summed E-state index contributed by atoms with van der Waals surface area (Å²) in [4.78, 5) is 43.4. The zero-order valence-corrected chi connectivity index (χ0v) is 32.6. The van der Waals surface area contributed by atoms with Crippen molar-refractivity contribution in [2.24, 2.45) is 16.8 Å². The highest BCUT2D eigenvalue weighted by molar-refractivity contribution is 6.06. The summed E-state index contributed by atoms with van der Waals surface area (Å²) in [6, 6.07) is 14.8. The van der Waals surface area contributed by atoms with Gasteiger partial charge in [-0.25, -0.2) is 14.6 Å². The van der Waals surface area contributed by atoms with E-state index < -0.39 is 11.2 Å². The average Bonchev–Trinajstić information content (AvgIpc) is 3.91. The van der Waals surface area contributed by atoms with Crippen molar-refractivity contribution in [2.75, 3.05) is 26.8 Å². The number of H-pyrrole nitrogens is 1. The molecule has 54 heavy (non-hydrogen) atoms. The molecule has 0 aliphatic carbocycles. The molecule has 0 saturated carbocycles. The fourth-order valence-electron chi connectivity index (χ4n) is 8.49. The Morgan fingerprint density at radius 2 is 1.65 bits per heavy atom. The topological polar surface area (TPSA) is 119 Å². The quantitative estimate of drug-likeness (QED) is 0.218. The first-order valence-corrected chi connectivity index (χ1v) is 19.1. The smallest absolute Gasteiger partial charge is 0.410 e. The zero-order chi connectivity index (χ0) is 38.1. The van der Waals surface area contributed by atoms with Crippen LogP contribution in [0.4, 0.5) is 15.3 Å². The summed E-state index contributed by atoms with van der Waals surface area (Å²) < 4.78 is 23.5. The minimum atomic E-state index is -0.583. The number of imidazole rings is 1. The van der Waals surface area contributed by atoms with Crippen molar-refractivity contribution < 1.29 is 28.5 Å². The molecule has 4 aliphatic rings. The molecule has 1 N–H and O–H groups in total. The van der Waals surface area contributed by atoms with Crippen molar-refractivity contribution in [2.45, 2.75) is 97.6 Å². The number of methoxy groups -OCH3 is 1. The van der Waals surface area contributed by atoms with Crippen LogP contribution in [0.2, 0.25) is 0 Å². The lowest BCUT2D eigenvalue weighted by Crippen LogP contribution is -2.43. The predicted molar refractivity (Wildman–Crippen MR) is 208 cm³/mol. The lowest BCUT2D eigenvalue weighted by Gasteiger charge is -2.28. The van der Waals surface area contributed by atoms with E-state index >= 15 is 0 Å². The number of aliphatic imine (C=N–C) groups is 1. The van der Waals surface area contributed by atoms with Crippen LogP contribution < -0.4 is 4.74 Å². The van der Waals surface area contributed by atoms with Crippen molar-refractivity contribution in [3.63, 3.8) is 0 Å². The minimum Gasteiger partial charge on any atom is -0.488 e. The Bertz CT molecular complexity index is 2160. The summed E-state index contributed by atoms with van der Waals surface area (Å²) >= 11 is 0. The van der Waals surface area contributed by atoms with Gasteiger partial charge in [-0.05, 0) is 118 Å². The van der Waals surface area contributed by atoms with Crippen molar-refractivity contribution in [3.05, 3.63) is 65.6 Å². The fraction of sp³-hybridized carbons (Fsp3) is 0.488. The molecule has 2 saturated heterocycles. The molecule has 0 spiro atoms. The van der Waals surface area contributed by atoms with E-state index in [1.165, 1.54) is 0 Å². The lowest BCUT2D eigenvalue weighted by molar-refractivity contribution is 0.0212. The van der Waals surface area contributed by atoms with E-state index in [4.69, 9.17) is 28.9 Å². The number of carbonyl (C=O) groups is 2. The molecule has 2 amide bonds. The van der Waals surface area contributed by atoms with Gasteiger partial charge in [0.1, 0.15) is 29.4 Å². The molecule has 4 aromatic rings. The first-order valence-electron chi connectivity index (χ1n) is 19.1. The summed E-state index contributed by atoms with van der Waals surface area (Å²) in [5.74, 6) is 2.19. The van der Waals surface area contributed by atoms with Crippen molar-refractivity contribution >= 4 is 34.4 Å². The largest absolute Gasteiger partial charge is 0.488 e. The number of aromatic nitrogens is 2. The van der Waals surface area contributed by atoms with Crippen molar-refractivity contribution in [1.82, 2.24) is 19.8 Å². The molecule has 11 heteroatoms. The number of benzene rings is 3. The molecule has 1 aromatic heterocycles. The SMILES string of the molecule is COC[C@H]1C[C@@H](C2=Nc3ccc4cc5c(cc4c3C2)OCc2cc(-c3cnc([C@@H]4C[C@H](C)CN4C(=O)OC(C)(C)C)[nH]3)ccc2-5)N(C(=O)OC(C)(C)C)C1. The van der Waals surface area contributed by atoms with Gasteiger partial charge < -0.3 is 23.9 Å². The molecule has 4 atom stereocenters. The molecule has 0 radical (unpaired) electrons. The van der Waals surface area contributed by atoms with Gasteiger partial charge in [-0.1, -0.05) is 25.1 Å². The van der Waals surface area contributed by atoms with Gasteiger partial charge in [-0.2, -0.15) is 0 Å². The summed E-state index contributed by atoms with van der Waals surface area (Å²) in [6.07, 6.45) is 3.52. The van der Waals surface area contributed by atoms with E-state index in [2.05, 4.69) is 54.4 Å². The maximum Gasteiger partial charge on any atom is 0.410 e. The number of aromatic amines is 1. The third-order valence-corrected chi connectivity index (χ3v) is 10.8. The number of likely N-dealkylation sites (tertiary alicyclic amines) is 2. The van der Waals surface area contributed by atoms with Gasteiger partial charge in [-0.3, -0.25) is 14.8 Å². The third-order valence-electron chi connectivity index (χ3n) is 10.8. The van der Waals surface area contributed by atoms with Crippen LogP contribution in [-0.2, 0) is 27.2 Å². The highest BCUT2D eigenvalue weighted by Crippen LogP contribution is 2.45. The summed E-state index contributed by atoms with van der Waals surface area (Å²) in [5, 5.41) is 2.24. The number of ether oxygens (including phenoxy) is 4. The lowest BCUT2D eigenvalue weighted by atomic mass is 9.90. The van der Waals surface area contributed by atoms with Crippen LogP contribution >= 0.6 is 0 Å². The standard InChI is InChI=1S/C43H51N5O6/c1-24-13-37(47(20-24)40(49)53-42(2,3)4)39-44-19-35(46-39)27-9-11-29-28(15-27)23-52-38-18-30-26(16-32(29)38)10-12-33-31(30)17-34(45-33)36-14-25(22-51-8)21-48(36)41(50)54-43(5,6)7/h9-12,15-16,18-19,24-25,36-37H,13-14,17,20-23H2,1-8H3,(H,44,46)/t24-,25-,36-,37-/m0/s1. The summed E-state index contributed by atoms with van der Waals surface area (Å²) in [7, 11) is 1.70. The van der Waals surface area contributed by atoms with Crippen LogP contribution in [0.5, 0.6) is 5.75 Å². The van der Waals surface area contributed by atoms with E-state index in [9.17, 15) is 9.59 Å². The van der Waals surface area contributed by atoms with Crippen molar-refractivity contribution in [3.8, 4) is 28.1 Å². The molecule has 0 bridgehead atoms. The third kappa shape index (κ3) is 6.94. The molecular formula is C43H51N5O6. The molecule has 3 aromatic carbocycles. The molecular weight excluding hydrogens is 683 g/mol. The molecule has 5 heterocycles. The molecule has 11 nitrogen and oxygen atoms in total. The summed E-state index contributed by atoms with van der Waals surface area (Å²) in [6.45, 7) is 15.8. The van der Waals surface area contributed by atoms with Gasteiger partial charge in [0.2, 0.25) is 0 Å². The Morgan fingerprint density at radius 3 is 2.37 bits per heavy atom. The minimum absolute atomic E-state index is 0.144. The van der Waals surface area contributed by atoms with Gasteiger partial charge >= 0.3 is 12.2 Å². The van der Waals surface area contributed by atoms with E-state index in [1.54, 1.807) is 12.0 Å². The second-order valence-corrected chi connectivity index (χ2v) is 17.5. The Morgan fingerprint density at radius 1 is 0.907 bits per heavy atom. The van der Waals surface area contributed by atoms with Gasteiger partial charge in [0, 0.05) is 43.8 Å². The van der Waals surface area contributed by atoms with E-state index in [-0.39, 0.29) is 30.2 Å². The number of carbonyl (C=O) groups excluding carboxylic acids is 2. The highest BCUT2D eigenvalue weighted by Gasteiger charge is 2.42. The van der Waals surface area contributed by atoms with Gasteiger partial charge in [0.15, 0.2) is 0 Å². The van der Waals surface area contributed by atoms with Crippen LogP contribution in [0.25, 0.3) is 33.2 Å². The molecule has 0 unspecified atom stereocenters. The fourth-order valence-corrected chi connectivity index (χ4v) is 8.49. The molecule has 4 aliphatic heterocycles. The second kappa shape index (κ2) is 13.4. The van der Waals surface area contributed by atoms with Gasteiger partial charge in [-0.15, -0.1) is 0 Å². The number of amides is 2. The number of hydrogen-bond donors (Lipinski definition) is 1. The molecule has 8 rings (SSSR count). The zero-order valence-electron chi connectivity index (χ0n) is 32.6. The Labute approximate surface area is 317 Å². The monoisotopic (exact) mass is 733 g/mol. The number of hydrogen-bond acceptors (Lipinski definition) is 8. The highest BCUT2D eigenvalue weighted by atomic mass is 16.6. The number of nitrogens with one attached hydrogen (secondary N) is 1. The van der Waals surface area contributed by atoms with Crippen molar-refractivity contribution in [1.29, 1.82) is 0 Å². The maximum atomic E-state index is 13.3. The Hall–Kier alpha value is -4.90. The van der Waals surface area contributed by atoms with E-state index in [0.717, 1.165) is 80.1 Å². The number of fused-ring (bicyclic) bond motifs is 6. The average molecular weight is 734 g/mol. The van der Waals surface area contributed by atoms with Crippen LogP contribution in [0, 0.1) is 11.8 Å². The number of nitrogens with zero attached hydrogens (tertiary/aromatic N) is 4. The summed E-state index contributed by atoms with van der Waals surface area (Å²) in [5.41, 5.74) is 7.15. The van der Waals surface area contributed by atoms with Crippen LogP contribution in [0.3, 0.4) is 0 Å². The van der Waals surface area contributed by atoms with Gasteiger partial charge in [0.25, 0.3) is 0 Å². The van der Waals surface area contributed by atoms with Gasteiger partial charge in [0.05, 0.1) is 36.3 Å². The number of rotatable bonds is 5.